The van der Waals surface area contributed by atoms with Crippen LogP contribution in [0.5, 0.6) is 0 Å². The Morgan fingerprint density at radius 3 is 2.40 bits per heavy atom. The van der Waals surface area contributed by atoms with Crippen LogP contribution in [0.1, 0.15) is 20.3 Å². The summed E-state index contributed by atoms with van der Waals surface area (Å²) in [6, 6.07) is 0. The number of sulfone groups is 1. The van der Waals surface area contributed by atoms with Crippen LogP contribution < -0.4 is 5.32 Å². The van der Waals surface area contributed by atoms with Crippen molar-refractivity contribution < 1.29 is 13.2 Å². The lowest BCUT2D eigenvalue weighted by molar-refractivity contribution is 0.193. The van der Waals surface area contributed by atoms with Gasteiger partial charge >= 0.3 is 0 Å². The standard InChI is InChI=1S/C10H23NO3S/c1-10(2,5-8-15(4,12)13)9-11-6-7-14-3/h11H,5-9H2,1-4H3. The van der Waals surface area contributed by atoms with E-state index in [1.54, 1.807) is 7.11 Å². The van der Waals surface area contributed by atoms with Crippen molar-refractivity contribution in [2.45, 2.75) is 20.3 Å². The number of ether oxygens (including phenoxy) is 1. The molecule has 1 N–H and O–H groups in total. The number of rotatable bonds is 8. The highest BCUT2D eigenvalue weighted by Gasteiger charge is 2.19. The van der Waals surface area contributed by atoms with E-state index in [4.69, 9.17) is 4.74 Å². The summed E-state index contributed by atoms with van der Waals surface area (Å²) in [7, 11) is -1.18. The third-order valence-electron chi connectivity index (χ3n) is 2.24. The van der Waals surface area contributed by atoms with Gasteiger partial charge in [0.1, 0.15) is 9.84 Å². The van der Waals surface area contributed by atoms with Crippen molar-refractivity contribution in [3.63, 3.8) is 0 Å². The van der Waals surface area contributed by atoms with Crippen molar-refractivity contribution in [1.29, 1.82) is 0 Å². The Hall–Kier alpha value is -0.130. The minimum Gasteiger partial charge on any atom is -0.383 e. The summed E-state index contributed by atoms with van der Waals surface area (Å²) in [4.78, 5) is 0. The quantitative estimate of drug-likeness (QED) is 0.631. The smallest absolute Gasteiger partial charge is 0.147 e. The molecule has 0 amide bonds. The minimum atomic E-state index is -2.85. The van der Waals surface area contributed by atoms with Crippen LogP contribution in [0.15, 0.2) is 0 Å². The fourth-order valence-electron chi connectivity index (χ4n) is 1.15. The van der Waals surface area contributed by atoms with Crippen LogP contribution >= 0.6 is 0 Å². The molecule has 0 bridgehead atoms. The molecular formula is C10H23NO3S. The van der Waals surface area contributed by atoms with Crippen LogP contribution in [-0.4, -0.2) is 47.2 Å². The second-order valence-electron chi connectivity index (χ2n) is 4.71. The lowest BCUT2D eigenvalue weighted by Crippen LogP contribution is -2.32. The Kier molecular flexibility index (Phi) is 6.40. The average molecular weight is 237 g/mol. The lowest BCUT2D eigenvalue weighted by atomic mass is 9.90. The predicted molar refractivity (Wildman–Crippen MR) is 62.9 cm³/mol. The number of hydrogen-bond donors (Lipinski definition) is 1. The van der Waals surface area contributed by atoms with Gasteiger partial charge in [0.05, 0.1) is 12.4 Å². The first-order valence-corrected chi connectivity index (χ1v) is 7.20. The van der Waals surface area contributed by atoms with E-state index in [0.717, 1.165) is 13.1 Å². The van der Waals surface area contributed by atoms with E-state index in [1.165, 1.54) is 6.26 Å². The highest BCUT2D eigenvalue weighted by Crippen LogP contribution is 2.19. The first-order valence-electron chi connectivity index (χ1n) is 5.14. The van der Waals surface area contributed by atoms with Gasteiger partial charge in [-0.25, -0.2) is 8.42 Å². The molecule has 0 aliphatic heterocycles. The molecular weight excluding hydrogens is 214 g/mol. The van der Waals surface area contributed by atoms with Gasteiger partial charge in [-0.3, -0.25) is 0 Å². The second-order valence-corrected chi connectivity index (χ2v) is 6.97. The molecule has 5 heteroatoms. The molecule has 0 unspecified atom stereocenters. The fraction of sp³-hybridized carbons (Fsp3) is 1.00. The Bertz CT molecular complexity index is 260. The van der Waals surface area contributed by atoms with Crippen molar-refractivity contribution in [1.82, 2.24) is 5.32 Å². The average Bonchev–Trinajstić information content (AvgIpc) is 2.09. The van der Waals surface area contributed by atoms with Gasteiger partial charge in [0.2, 0.25) is 0 Å². The van der Waals surface area contributed by atoms with E-state index in [2.05, 4.69) is 19.2 Å². The highest BCUT2D eigenvalue weighted by molar-refractivity contribution is 7.90. The Labute approximate surface area is 93.3 Å². The summed E-state index contributed by atoms with van der Waals surface area (Å²) in [6.07, 6.45) is 1.97. The van der Waals surface area contributed by atoms with Gasteiger partial charge in [-0.15, -0.1) is 0 Å². The minimum absolute atomic E-state index is 0.0107. The lowest BCUT2D eigenvalue weighted by Gasteiger charge is -2.24. The molecule has 0 aromatic heterocycles. The van der Waals surface area contributed by atoms with E-state index >= 15 is 0 Å². The van der Waals surface area contributed by atoms with Crippen molar-refractivity contribution in [3.8, 4) is 0 Å². The topological polar surface area (TPSA) is 55.4 Å². The maximum Gasteiger partial charge on any atom is 0.147 e. The van der Waals surface area contributed by atoms with E-state index in [9.17, 15) is 8.42 Å². The molecule has 0 radical (unpaired) electrons. The van der Waals surface area contributed by atoms with Gasteiger partial charge in [0.25, 0.3) is 0 Å². The molecule has 0 fully saturated rings. The molecule has 0 spiro atoms. The summed E-state index contributed by atoms with van der Waals surface area (Å²) >= 11 is 0. The van der Waals surface area contributed by atoms with E-state index in [-0.39, 0.29) is 11.2 Å². The molecule has 4 nitrogen and oxygen atoms in total. The van der Waals surface area contributed by atoms with Crippen LogP contribution in [0.2, 0.25) is 0 Å². The first-order chi connectivity index (χ1) is 6.77. The van der Waals surface area contributed by atoms with Crippen LogP contribution in [0.3, 0.4) is 0 Å². The molecule has 0 aliphatic rings. The molecule has 15 heavy (non-hydrogen) atoms. The summed E-state index contributed by atoms with van der Waals surface area (Å²) < 4.78 is 26.9. The first kappa shape index (κ1) is 14.9. The van der Waals surface area contributed by atoms with Gasteiger partial charge in [-0.1, -0.05) is 13.8 Å². The number of nitrogens with one attached hydrogen (secondary N) is 1. The predicted octanol–water partition coefficient (Wildman–Crippen LogP) is 0.683. The highest BCUT2D eigenvalue weighted by atomic mass is 32.2. The third-order valence-corrected chi connectivity index (χ3v) is 3.18. The summed E-state index contributed by atoms with van der Waals surface area (Å²) in [5.74, 6) is 0.256. The van der Waals surface area contributed by atoms with Crippen molar-refractivity contribution in [2.24, 2.45) is 5.41 Å². The summed E-state index contributed by atoms with van der Waals surface area (Å²) in [5, 5.41) is 3.24. The van der Waals surface area contributed by atoms with Gasteiger partial charge in [0, 0.05) is 26.5 Å². The summed E-state index contributed by atoms with van der Waals surface area (Å²) in [5.41, 5.74) is 0.0107. The van der Waals surface area contributed by atoms with E-state index < -0.39 is 9.84 Å². The van der Waals surface area contributed by atoms with Crippen molar-refractivity contribution >= 4 is 9.84 Å². The van der Waals surface area contributed by atoms with Crippen molar-refractivity contribution in [3.05, 3.63) is 0 Å². The normalized spacial score (nSPS) is 13.1. The maximum atomic E-state index is 11.0. The molecule has 0 heterocycles. The summed E-state index contributed by atoms with van der Waals surface area (Å²) in [6.45, 7) is 6.43. The SMILES string of the molecule is COCCNCC(C)(C)CCS(C)(=O)=O. The molecule has 0 aromatic rings. The number of hydrogen-bond acceptors (Lipinski definition) is 4. The largest absolute Gasteiger partial charge is 0.383 e. The Morgan fingerprint density at radius 1 is 1.33 bits per heavy atom. The fourth-order valence-corrected chi connectivity index (χ4v) is 2.07. The zero-order chi connectivity index (χ0) is 11.9. The van der Waals surface area contributed by atoms with Gasteiger partial charge < -0.3 is 10.1 Å². The van der Waals surface area contributed by atoms with Crippen LogP contribution in [0, 0.1) is 5.41 Å². The second kappa shape index (κ2) is 6.45. The van der Waals surface area contributed by atoms with Crippen LogP contribution in [-0.2, 0) is 14.6 Å². The Balaban J connectivity index is 3.77. The maximum absolute atomic E-state index is 11.0. The molecule has 0 atom stereocenters. The van der Waals surface area contributed by atoms with Gasteiger partial charge in [-0.2, -0.15) is 0 Å². The zero-order valence-electron chi connectivity index (χ0n) is 10.2. The molecule has 0 aromatic carbocycles. The Morgan fingerprint density at radius 2 is 1.93 bits per heavy atom. The number of methoxy groups -OCH3 is 1. The molecule has 92 valence electrons. The monoisotopic (exact) mass is 237 g/mol. The van der Waals surface area contributed by atoms with Crippen LogP contribution in [0.25, 0.3) is 0 Å². The zero-order valence-corrected chi connectivity index (χ0v) is 11.0. The van der Waals surface area contributed by atoms with Gasteiger partial charge in [0.15, 0.2) is 0 Å². The van der Waals surface area contributed by atoms with Gasteiger partial charge in [-0.05, 0) is 11.8 Å². The molecule has 0 rings (SSSR count). The molecule has 0 saturated heterocycles. The third kappa shape index (κ3) is 10.2. The van der Waals surface area contributed by atoms with E-state index in [1.807, 2.05) is 0 Å². The molecule has 0 saturated carbocycles. The van der Waals surface area contributed by atoms with Crippen LogP contribution in [0.4, 0.5) is 0 Å². The van der Waals surface area contributed by atoms with E-state index in [0.29, 0.717) is 13.0 Å². The van der Waals surface area contributed by atoms with Crippen molar-refractivity contribution in [2.75, 3.05) is 38.8 Å². The molecule has 0 aliphatic carbocycles.